The Bertz CT molecular complexity index is 216. The molecule has 18 heavy (non-hydrogen) atoms. The van der Waals surface area contributed by atoms with Gasteiger partial charge in [0.15, 0.2) is 0 Å². The SMILES string of the molecule is [CH2]C(CC[Si](C)(OC)OC)[Si](C)(OCC)OCC. The molecule has 1 unspecified atom stereocenters. The van der Waals surface area contributed by atoms with Gasteiger partial charge in [-0.3, -0.25) is 0 Å². The van der Waals surface area contributed by atoms with E-state index in [1.165, 1.54) is 0 Å². The number of hydrogen-bond donors (Lipinski definition) is 0. The second-order valence-electron chi connectivity index (χ2n) is 4.66. The fraction of sp³-hybridized carbons (Fsp3) is 0.917. The Balaban J connectivity index is 4.47. The van der Waals surface area contributed by atoms with E-state index in [4.69, 9.17) is 17.7 Å². The van der Waals surface area contributed by atoms with Crippen molar-refractivity contribution in [3.8, 4) is 0 Å². The summed E-state index contributed by atoms with van der Waals surface area (Å²) in [5.74, 6) is 0. The fourth-order valence-electron chi connectivity index (χ4n) is 1.84. The van der Waals surface area contributed by atoms with Crippen LogP contribution in [0.25, 0.3) is 0 Å². The van der Waals surface area contributed by atoms with Gasteiger partial charge in [-0.25, -0.2) is 0 Å². The van der Waals surface area contributed by atoms with Gasteiger partial charge < -0.3 is 17.7 Å². The lowest BCUT2D eigenvalue weighted by atomic mass is 10.4. The van der Waals surface area contributed by atoms with Crippen molar-refractivity contribution in [3.63, 3.8) is 0 Å². The molecule has 0 aromatic rings. The third kappa shape index (κ3) is 5.50. The van der Waals surface area contributed by atoms with Crippen molar-refractivity contribution in [3.05, 3.63) is 6.92 Å². The van der Waals surface area contributed by atoms with Crippen molar-refractivity contribution in [2.45, 2.75) is 44.9 Å². The van der Waals surface area contributed by atoms with Crippen LogP contribution in [0.1, 0.15) is 20.3 Å². The van der Waals surface area contributed by atoms with Crippen LogP contribution in [0.5, 0.6) is 0 Å². The Hall–Kier alpha value is 0.274. The molecule has 0 bridgehead atoms. The van der Waals surface area contributed by atoms with Crippen LogP contribution >= 0.6 is 0 Å². The smallest absolute Gasteiger partial charge is 0.338 e. The molecule has 4 nitrogen and oxygen atoms in total. The van der Waals surface area contributed by atoms with E-state index in [1.54, 1.807) is 14.2 Å². The van der Waals surface area contributed by atoms with E-state index in [2.05, 4.69) is 20.0 Å². The van der Waals surface area contributed by atoms with Gasteiger partial charge in [0.2, 0.25) is 0 Å². The van der Waals surface area contributed by atoms with E-state index >= 15 is 0 Å². The highest BCUT2D eigenvalue weighted by Gasteiger charge is 2.40. The quantitative estimate of drug-likeness (QED) is 0.580. The van der Waals surface area contributed by atoms with Crippen molar-refractivity contribution in [1.82, 2.24) is 0 Å². The standard InChI is InChI=1S/C12H29O4Si2/c1-8-15-18(7,16-9-2)12(3)10-11-17(6,13-4)14-5/h12H,3,8-11H2,1-2,4-7H3. The highest BCUT2D eigenvalue weighted by atomic mass is 28.4. The van der Waals surface area contributed by atoms with E-state index in [1.807, 2.05) is 13.8 Å². The second kappa shape index (κ2) is 8.45. The molecule has 0 spiro atoms. The lowest BCUT2D eigenvalue weighted by Gasteiger charge is -2.33. The summed E-state index contributed by atoms with van der Waals surface area (Å²) in [7, 11) is -0.756. The molecule has 0 aliphatic carbocycles. The molecule has 0 saturated carbocycles. The van der Waals surface area contributed by atoms with Gasteiger partial charge in [-0.05, 0) is 46.3 Å². The van der Waals surface area contributed by atoms with Crippen LogP contribution in [-0.4, -0.2) is 44.6 Å². The third-order valence-corrected chi connectivity index (χ3v) is 9.83. The molecule has 109 valence electrons. The average molecular weight is 294 g/mol. The summed E-state index contributed by atoms with van der Waals surface area (Å²) in [4.78, 5) is 0. The van der Waals surface area contributed by atoms with Crippen LogP contribution in [0.3, 0.4) is 0 Å². The van der Waals surface area contributed by atoms with Gasteiger partial charge >= 0.3 is 17.1 Å². The lowest BCUT2D eigenvalue weighted by Crippen LogP contribution is -2.44. The lowest BCUT2D eigenvalue weighted by molar-refractivity contribution is 0.181. The highest BCUT2D eigenvalue weighted by Crippen LogP contribution is 2.31. The maximum absolute atomic E-state index is 5.85. The minimum absolute atomic E-state index is 0.189. The first-order valence-electron chi connectivity index (χ1n) is 6.58. The van der Waals surface area contributed by atoms with Crippen molar-refractivity contribution in [2.24, 2.45) is 0 Å². The molecule has 0 N–H and O–H groups in total. The summed E-state index contributed by atoms with van der Waals surface area (Å²) in [6.07, 6.45) is 0.924. The highest BCUT2D eigenvalue weighted by molar-refractivity contribution is 6.69. The molecular formula is C12H29O4Si2. The Morgan fingerprint density at radius 1 is 1.00 bits per heavy atom. The molecule has 0 aromatic heterocycles. The van der Waals surface area contributed by atoms with Crippen LogP contribution in [0.4, 0.5) is 0 Å². The fourth-order valence-corrected chi connectivity index (χ4v) is 5.94. The maximum atomic E-state index is 5.85. The minimum Gasteiger partial charge on any atom is -0.398 e. The van der Waals surface area contributed by atoms with Gasteiger partial charge in [0.05, 0.1) is 0 Å². The molecule has 0 fully saturated rings. The van der Waals surface area contributed by atoms with Crippen LogP contribution < -0.4 is 0 Å². The molecular weight excluding hydrogens is 264 g/mol. The van der Waals surface area contributed by atoms with Crippen molar-refractivity contribution in [1.29, 1.82) is 0 Å². The molecule has 1 radical (unpaired) electrons. The van der Waals surface area contributed by atoms with Crippen LogP contribution in [-0.2, 0) is 17.7 Å². The molecule has 0 aliphatic heterocycles. The summed E-state index contributed by atoms with van der Waals surface area (Å²) in [6.45, 7) is 13.8. The number of rotatable bonds is 10. The van der Waals surface area contributed by atoms with E-state index in [-0.39, 0.29) is 5.54 Å². The third-order valence-electron chi connectivity index (χ3n) is 3.41. The average Bonchev–Trinajstić information content (AvgIpc) is 2.36. The molecule has 1 atom stereocenters. The van der Waals surface area contributed by atoms with Gasteiger partial charge in [-0.2, -0.15) is 0 Å². The summed E-state index contributed by atoms with van der Waals surface area (Å²) >= 11 is 0. The predicted molar refractivity (Wildman–Crippen MR) is 79.0 cm³/mol. The number of hydrogen-bond acceptors (Lipinski definition) is 4. The van der Waals surface area contributed by atoms with E-state index in [9.17, 15) is 0 Å². The molecule has 6 heteroatoms. The normalized spacial score (nSPS) is 14.8. The first-order chi connectivity index (χ1) is 8.37. The second-order valence-corrected chi connectivity index (χ2v) is 11.7. The Morgan fingerprint density at radius 3 is 1.78 bits per heavy atom. The Morgan fingerprint density at radius 2 is 1.44 bits per heavy atom. The summed E-state index contributed by atoms with van der Waals surface area (Å²) in [5, 5.41) is 0. The monoisotopic (exact) mass is 293 g/mol. The van der Waals surface area contributed by atoms with Gasteiger partial charge in [0.25, 0.3) is 0 Å². The van der Waals surface area contributed by atoms with Gasteiger partial charge in [-0.1, -0.05) is 0 Å². The molecule has 0 aliphatic rings. The summed E-state index contributed by atoms with van der Waals surface area (Å²) < 4.78 is 22.7. The van der Waals surface area contributed by atoms with Gasteiger partial charge in [-0.15, -0.1) is 0 Å². The van der Waals surface area contributed by atoms with Gasteiger partial charge in [0.1, 0.15) is 0 Å². The summed E-state index contributed by atoms with van der Waals surface area (Å²) in [5.41, 5.74) is 0.189. The Labute approximate surface area is 114 Å². The first kappa shape index (κ1) is 18.3. The van der Waals surface area contributed by atoms with E-state index < -0.39 is 17.1 Å². The zero-order chi connectivity index (χ0) is 14.2. The zero-order valence-electron chi connectivity index (χ0n) is 12.7. The zero-order valence-corrected chi connectivity index (χ0v) is 14.7. The molecule has 0 aromatic carbocycles. The van der Waals surface area contributed by atoms with Crippen molar-refractivity contribution >= 4 is 17.1 Å². The van der Waals surface area contributed by atoms with Crippen LogP contribution in [0.2, 0.25) is 24.7 Å². The predicted octanol–water partition coefficient (Wildman–Crippen LogP) is 3.09. The van der Waals surface area contributed by atoms with E-state index in [0.29, 0.717) is 13.2 Å². The maximum Gasteiger partial charge on any atom is 0.338 e. The Kier molecular flexibility index (Phi) is 8.57. The van der Waals surface area contributed by atoms with Crippen molar-refractivity contribution < 1.29 is 17.7 Å². The van der Waals surface area contributed by atoms with Crippen molar-refractivity contribution in [2.75, 3.05) is 27.4 Å². The summed E-state index contributed by atoms with van der Waals surface area (Å²) in [6, 6.07) is 0.914. The van der Waals surface area contributed by atoms with Gasteiger partial charge in [0, 0.05) is 33.0 Å². The largest absolute Gasteiger partial charge is 0.398 e. The van der Waals surface area contributed by atoms with Crippen LogP contribution in [0, 0.1) is 6.92 Å². The molecule has 0 heterocycles. The minimum atomic E-state index is -2.18. The first-order valence-corrected chi connectivity index (χ1v) is 11.5. The van der Waals surface area contributed by atoms with E-state index in [0.717, 1.165) is 12.5 Å². The molecule has 0 amide bonds. The van der Waals surface area contributed by atoms with Crippen LogP contribution in [0.15, 0.2) is 0 Å². The topological polar surface area (TPSA) is 36.9 Å². The molecule has 0 saturated heterocycles. The molecule has 0 rings (SSSR count).